The van der Waals surface area contributed by atoms with E-state index in [2.05, 4.69) is 15.3 Å². The molecule has 1 N–H and O–H groups in total. The molecule has 0 spiro atoms. The van der Waals surface area contributed by atoms with Crippen LogP contribution in [0.1, 0.15) is 39.2 Å². The van der Waals surface area contributed by atoms with Crippen LogP contribution in [0.25, 0.3) is 0 Å². The molecule has 2 heterocycles. The van der Waals surface area contributed by atoms with Crippen molar-refractivity contribution in [3.05, 3.63) is 83.2 Å². The van der Waals surface area contributed by atoms with Gasteiger partial charge in [0, 0.05) is 19.4 Å². The molecule has 1 atom stereocenters. The summed E-state index contributed by atoms with van der Waals surface area (Å²) in [6, 6.07) is 10.6. The first-order valence-corrected chi connectivity index (χ1v) is 8.15. The van der Waals surface area contributed by atoms with E-state index < -0.39 is 23.8 Å². The zero-order valence-corrected chi connectivity index (χ0v) is 14.7. The maximum absolute atomic E-state index is 12.8. The molecule has 140 valence electrons. The summed E-state index contributed by atoms with van der Waals surface area (Å²) in [5, 5.41) is 2.85. The van der Waals surface area contributed by atoms with Crippen molar-refractivity contribution in [2.24, 2.45) is 7.05 Å². The zero-order valence-electron chi connectivity index (χ0n) is 14.7. The molecular weight excluding hydrogens is 357 g/mol. The number of nitrogens with one attached hydrogen (secondary N) is 1. The lowest BCUT2D eigenvalue weighted by Gasteiger charge is -2.20. The van der Waals surface area contributed by atoms with E-state index in [1.807, 2.05) is 30.3 Å². The molecule has 5 nitrogen and oxygen atoms in total. The molecule has 0 saturated carbocycles. The predicted molar refractivity (Wildman–Crippen MR) is 92.9 cm³/mol. The van der Waals surface area contributed by atoms with Gasteiger partial charge in [0.15, 0.2) is 0 Å². The molecule has 0 bridgehead atoms. The van der Waals surface area contributed by atoms with Crippen molar-refractivity contribution in [2.75, 3.05) is 0 Å². The summed E-state index contributed by atoms with van der Waals surface area (Å²) in [6.07, 6.45) is -1.19. The number of carbonyl (C=O) groups is 1. The van der Waals surface area contributed by atoms with Crippen LogP contribution in [0.2, 0.25) is 0 Å². The lowest BCUT2D eigenvalue weighted by molar-refractivity contribution is -0.141. The van der Waals surface area contributed by atoms with Crippen LogP contribution in [0, 0.1) is 6.92 Å². The SMILES string of the molecule is Cc1nc(C(F)(F)F)ccc1C(=O)NC(c1ccccc1)c1nccn1C. The normalized spacial score (nSPS) is 12.6. The Morgan fingerprint density at radius 2 is 1.85 bits per heavy atom. The van der Waals surface area contributed by atoms with E-state index in [1.54, 1.807) is 24.0 Å². The van der Waals surface area contributed by atoms with Gasteiger partial charge >= 0.3 is 6.18 Å². The lowest BCUT2D eigenvalue weighted by atomic mass is 10.0. The third-order valence-corrected chi connectivity index (χ3v) is 4.15. The van der Waals surface area contributed by atoms with Gasteiger partial charge in [0.2, 0.25) is 0 Å². The van der Waals surface area contributed by atoms with Gasteiger partial charge in [-0.1, -0.05) is 30.3 Å². The Labute approximate surface area is 153 Å². The Hall–Kier alpha value is -3.16. The van der Waals surface area contributed by atoms with E-state index in [0.717, 1.165) is 17.7 Å². The lowest BCUT2D eigenvalue weighted by Crippen LogP contribution is -2.31. The highest BCUT2D eigenvalue weighted by atomic mass is 19.4. The summed E-state index contributed by atoms with van der Waals surface area (Å²) in [4.78, 5) is 20.6. The Balaban J connectivity index is 1.93. The van der Waals surface area contributed by atoms with Crippen molar-refractivity contribution >= 4 is 5.91 Å². The quantitative estimate of drug-likeness (QED) is 0.758. The molecule has 1 unspecified atom stereocenters. The van der Waals surface area contributed by atoms with Crippen LogP contribution in [0.5, 0.6) is 0 Å². The molecule has 0 aliphatic carbocycles. The van der Waals surface area contributed by atoms with E-state index >= 15 is 0 Å². The molecule has 0 saturated heterocycles. The molecule has 1 amide bonds. The number of aryl methyl sites for hydroxylation is 2. The molecule has 0 aliphatic heterocycles. The highest BCUT2D eigenvalue weighted by molar-refractivity contribution is 5.95. The molecule has 27 heavy (non-hydrogen) atoms. The second kappa shape index (κ2) is 7.22. The summed E-state index contributed by atoms with van der Waals surface area (Å²) in [7, 11) is 1.80. The monoisotopic (exact) mass is 374 g/mol. The molecule has 2 aromatic heterocycles. The third kappa shape index (κ3) is 3.99. The minimum atomic E-state index is -4.56. The Morgan fingerprint density at radius 3 is 2.41 bits per heavy atom. The second-order valence-corrected chi connectivity index (χ2v) is 6.04. The van der Waals surface area contributed by atoms with Gasteiger partial charge in [-0.05, 0) is 24.6 Å². The topological polar surface area (TPSA) is 59.8 Å². The van der Waals surface area contributed by atoms with Crippen LogP contribution in [-0.4, -0.2) is 20.4 Å². The molecule has 3 rings (SSSR count). The van der Waals surface area contributed by atoms with Crippen molar-refractivity contribution in [3.8, 4) is 0 Å². The first kappa shape index (κ1) is 18.6. The largest absolute Gasteiger partial charge is 0.433 e. The van der Waals surface area contributed by atoms with Crippen molar-refractivity contribution in [3.63, 3.8) is 0 Å². The summed E-state index contributed by atoms with van der Waals surface area (Å²) in [5.74, 6) is 0.0812. The minimum Gasteiger partial charge on any atom is -0.338 e. The van der Waals surface area contributed by atoms with Gasteiger partial charge in [0.25, 0.3) is 5.91 Å². The smallest absolute Gasteiger partial charge is 0.338 e. The Kier molecular flexibility index (Phi) is 4.98. The van der Waals surface area contributed by atoms with E-state index in [-0.39, 0.29) is 11.3 Å². The number of imidazole rings is 1. The number of pyridine rings is 1. The van der Waals surface area contributed by atoms with Crippen LogP contribution in [-0.2, 0) is 13.2 Å². The highest BCUT2D eigenvalue weighted by Crippen LogP contribution is 2.28. The maximum Gasteiger partial charge on any atom is 0.433 e. The van der Waals surface area contributed by atoms with Gasteiger partial charge < -0.3 is 9.88 Å². The number of amides is 1. The van der Waals surface area contributed by atoms with Crippen molar-refractivity contribution in [1.82, 2.24) is 19.9 Å². The average Bonchev–Trinajstić information content (AvgIpc) is 3.05. The molecule has 1 aromatic carbocycles. The molecule has 0 aliphatic rings. The van der Waals surface area contributed by atoms with Crippen LogP contribution in [0.4, 0.5) is 13.2 Å². The standard InChI is InChI=1S/C19H17F3N4O/c1-12-14(8-9-15(24-12)19(20,21)22)18(27)25-16(13-6-4-3-5-7-13)17-23-10-11-26(17)2/h3-11,16H,1-2H3,(H,25,27). The van der Waals surface area contributed by atoms with Gasteiger partial charge in [0.05, 0.1) is 11.3 Å². The number of benzene rings is 1. The summed E-state index contributed by atoms with van der Waals surface area (Å²) in [5.41, 5.74) is -0.134. The van der Waals surface area contributed by atoms with E-state index in [4.69, 9.17) is 0 Å². The highest BCUT2D eigenvalue weighted by Gasteiger charge is 2.33. The Bertz CT molecular complexity index is 951. The van der Waals surface area contributed by atoms with E-state index in [0.29, 0.717) is 5.82 Å². The van der Waals surface area contributed by atoms with Crippen LogP contribution in [0.15, 0.2) is 54.9 Å². The summed E-state index contributed by atoms with van der Waals surface area (Å²) in [6.45, 7) is 1.38. The number of aromatic nitrogens is 3. The van der Waals surface area contributed by atoms with Gasteiger partial charge in [-0.3, -0.25) is 4.79 Å². The van der Waals surface area contributed by atoms with Crippen LogP contribution in [0.3, 0.4) is 0 Å². The van der Waals surface area contributed by atoms with Gasteiger partial charge in [-0.2, -0.15) is 13.2 Å². The van der Waals surface area contributed by atoms with Gasteiger partial charge in [0.1, 0.15) is 17.6 Å². The fraction of sp³-hybridized carbons (Fsp3) is 0.211. The first-order chi connectivity index (χ1) is 12.8. The van der Waals surface area contributed by atoms with Crippen LogP contribution >= 0.6 is 0 Å². The second-order valence-electron chi connectivity index (χ2n) is 6.04. The molecular formula is C19H17F3N4O. The van der Waals surface area contributed by atoms with Crippen LogP contribution < -0.4 is 5.32 Å². The average molecular weight is 374 g/mol. The fourth-order valence-corrected chi connectivity index (χ4v) is 2.77. The van der Waals surface area contributed by atoms with Gasteiger partial charge in [-0.15, -0.1) is 0 Å². The predicted octanol–water partition coefficient (Wildman–Crippen LogP) is 3.66. The number of rotatable bonds is 4. The van der Waals surface area contributed by atoms with Crippen molar-refractivity contribution < 1.29 is 18.0 Å². The zero-order chi connectivity index (χ0) is 19.6. The molecule has 0 radical (unpaired) electrons. The van der Waals surface area contributed by atoms with Crippen molar-refractivity contribution in [2.45, 2.75) is 19.1 Å². The molecule has 3 aromatic rings. The molecule has 8 heteroatoms. The molecule has 0 fully saturated rings. The number of nitrogens with zero attached hydrogens (tertiary/aromatic N) is 3. The fourth-order valence-electron chi connectivity index (χ4n) is 2.77. The maximum atomic E-state index is 12.8. The number of hydrogen-bond acceptors (Lipinski definition) is 3. The number of carbonyl (C=O) groups excluding carboxylic acids is 1. The summed E-state index contributed by atoms with van der Waals surface area (Å²) >= 11 is 0. The number of halogens is 3. The van der Waals surface area contributed by atoms with Gasteiger partial charge in [-0.25, -0.2) is 9.97 Å². The van der Waals surface area contributed by atoms with Crippen molar-refractivity contribution in [1.29, 1.82) is 0 Å². The third-order valence-electron chi connectivity index (χ3n) is 4.15. The first-order valence-electron chi connectivity index (χ1n) is 8.15. The van der Waals surface area contributed by atoms with E-state index in [1.165, 1.54) is 6.92 Å². The van der Waals surface area contributed by atoms with E-state index in [9.17, 15) is 18.0 Å². The minimum absolute atomic E-state index is 0.00831. The Morgan fingerprint density at radius 1 is 1.15 bits per heavy atom. The number of alkyl halides is 3. The number of hydrogen-bond donors (Lipinski definition) is 1. The summed E-state index contributed by atoms with van der Waals surface area (Å²) < 4.78 is 40.1.